The number of carbonyl (C=O) groups is 2. The van der Waals surface area contributed by atoms with E-state index in [-0.39, 0.29) is 5.91 Å². The van der Waals surface area contributed by atoms with Crippen LogP contribution in [0.4, 0.5) is 0 Å². The van der Waals surface area contributed by atoms with E-state index >= 15 is 0 Å². The van der Waals surface area contributed by atoms with Crippen molar-refractivity contribution in [2.45, 2.75) is 6.04 Å². The minimum absolute atomic E-state index is 0.326. The molecule has 0 saturated carbocycles. The molecule has 1 atom stereocenters. The van der Waals surface area contributed by atoms with E-state index < -0.39 is 11.9 Å². The van der Waals surface area contributed by atoms with Crippen LogP contribution in [-0.2, 0) is 4.79 Å². The first-order valence-corrected chi connectivity index (χ1v) is 5.88. The van der Waals surface area contributed by atoms with E-state index in [2.05, 4.69) is 5.32 Å². The number of nitrogens with one attached hydrogen (secondary N) is 1. The lowest BCUT2D eigenvalue weighted by Crippen LogP contribution is -2.37. The Morgan fingerprint density at radius 3 is 1.95 bits per heavy atom. The standard InChI is InChI=1S/C15H14N2O2/c16-14(18)13(11-7-3-1-4-8-11)17-15(19)12-9-5-2-6-10-12/h1-10,13H,(H2,16,18)(H,17,19). The highest BCUT2D eigenvalue weighted by molar-refractivity contribution is 5.97. The molecule has 0 aliphatic heterocycles. The van der Waals surface area contributed by atoms with E-state index in [1.54, 1.807) is 48.5 Å². The number of hydrogen-bond acceptors (Lipinski definition) is 2. The molecule has 0 aromatic heterocycles. The van der Waals surface area contributed by atoms with Gasteiger partial charge in [-0.15, -0.1) is 0 Å². The minimum Gasteiger partial charge on any atom is -0.368 e. The van der Waals surface area contributed by atoms with E-state index in [0.29, 0.717) is 11.1 Å². The zero-order valence-electron chi connectivity index (χ0n) is 10.2. The van der Waals surface area contributed by atoms with Crippen molar-refractivity contribution < 1.29 is 9.59 Å². The minimum atomic E-state index is -0.825. The maximum absolute atomic E-state index is 12.0. The van der Waals surface area contributed by atoms with Crippen molar-refractivity contribution in [2.24, 2.45) is 5.73 Å². The number of nitrogens with two attached hydrogens (primary N) is 1. The van der Waals surface area contributed by atoms with Gasteiger partial charge in [0.1, 0.15) is 6.04 Å². The number of benzene rings is 2. The normalized spacial score (nSPS) is 11.6. The molecule has 3 N–H and O–H groups in total. The molecule has 0 heterocycles. The van der Waals surface area contributed by atoms with Gasteiger partial charge in [-0.05, 0) is 17.7 Å². The predicted octanol–water partition coefficient (Wildman–Crippen LogP) is 1.64. The van der Waals surface area contributed by atoms with Crippen molar-refractivity contribution in [1.82, 2.24) is 5.32 Å². The van der Waals surface area contributed by atoms with Crippen LogP contribution < -0.4 is 11.1 Å². The van der Waals surface area contributed by atoms with E-state index in [4.69, 9.17) is 5.73 Å². The number of carbonyl (C=O) groups excluding carboxylic acids is 2. The van der Waals surface area contributed by atoms with E-state index in [1.165, 1.54) is 0 Å². The lowest BCUT2D eigenvalue weighted by Gasteiger charge is -2.15. The maximum Gasteiger partial charge on any atom is 0.252 e. The van der Waals surface area contributed by atoms with E-state index in [0.717, 1.165) is 0 Å². The van der Waals surface area contributed by atoms with Crippen LogP contribution in [0.5, 0.6) is 0 Å². The maximum atomic E-state index is 12.0. The molecule has 2 aromatic rings. The Hall–Kier alpha value is -2.62. The van der Waals surface area contributed by atoms with Crippen LogP contribution in [-0.4, -0.2) is 11.8 Å². The van der Waals surface area contributed by atoms with Gasteiger partial charge in [0.05, 0.1) is 0 Å². The Bertz CT molecular complexity index is 567. The van der Waals surface area contributed by atoms with Gasteiger partial charge >= 0.3 is 0 Å². The molecule has 0 bridgehead atoms. The van der Waals surface area contributed by atoms with Gasteiger partial charge in [0.15, 0.2) is 0 Å². The van der Waals surface area contributed by atoms with E-state index in [9.17, 15) is 9.59 Å². The summed E-state index contributed by atoms with van der Waals surface area (Å²) in [5.74, 6) is -0.913. The fourth-order valence-corrected chi connectivity index (χ4v) is 1.77. The highest BCUT2D eigenvalue weighted by atomic mass is 16.2. The molecular formula is C15H14N2O2. The molecule has 4 heteroatoms. The van der Waals surface area contributed by atoms with Crippen LogP contribution in [0.1, 0.15) is 22.0 Å². The Morgan fingerprint density at radius 2 is 1.42 bits per heavy atom. The number of primary amides is 1. The van der Waals surface area contributed by atoms with Gasteiger partial charge in [-0.1, -0.05) is 48.5 Å². The highest BCUT2D eigenvalue weighted by Crippen LogP contribution is 2.13. The van der Waals surface area contributed by atoms with Gasteiger partial charge in [-0.2, -0.15) is 0 Å². The lowest BCUT2D eigenvalue weighted by atomic mass is 10.1. The second kappa shape index (κ2) is 5.82. The first-order chi connectivity index (χ1) is 9.18. The molecule has 19 heavy (non-hydrogen) atoms. The molecule has 2 rings (SSSR count). The van der Waals surface area contributed by atoms with Crippen molar-refractivity contribution in [3.8, 4) is 0 Å². The highest BCUT2D eigenvalue weighted by Gasteiger charge is 2.20. The molecule has 0 radical (unpaired) electrons. The molecule has 1 unspecified atom stereocenters. The number of hydrogen-bond donors (Lipinski definition) is 2. The van der Waals surface area contributed by atoms with Gasteiger partial charge in [-0.25, -0.2) is 0 Å². The van der Waals surface area contributed by atoms with Crippen LogP contribution in [0.25, 0.3) is 0 Å². The van der Waals surface area contributed by atoms with Crippen molar-refractivity contribution in [2.75, 3.05) is 0 Å². The lowest BCUT2D eigenvalue weighted by molar-refractivity contribution is -0.120. The molecule has 0 fully saturated rings. The topological polar surface area (TPSA) is 72.2 Å². The Labute approximate surface area is 111 Å². The monoisotopic (exact) mass is 254 g/mol. The molecule has 2 amide bonds. The van der Waals surface area contributed by atoms with Gasteiger partial charge < -0.3 is 11.1 Å². The largest absolute Gasteiger partial charge is 0.368 e. The first kappa shape index (κ1) is 12.8. The van der Waals surface area contributed by atoms with Crippen LogP contribution in [0.2, 0.25) is 0 Å². The first-order valence-electron chi connectivity index (χ1n) is 5.88. The number of amides is 2. The average molecular weight is 254 g/mol. The summed E-state index contributed by atoms with van der Waals surface area (Å²) in [7, 11) is 0. The molecular weight excluding hydrogens is 240 g/mol. The second-order valence-corrected chi connectivity index (χ2v) is 4.09. The summed E-state index contributed by atoms with van der Waals surface area (Å²) in [6, 6.07) is 16.8. The SMILES string of the molecule is NC(=O)C(NC(=O)c1ccccc1)c1ccccc1. The molecule has 0 spiro atoms. The van der Waals surface area contributed by atoms with Gasteiger partial charge in [0, 0.05) is 5.56 Å². The zero-order chi connectivity index (χ0) is 13.7. The summed E-state index contributed by atoms with van der Waals surface area (Å²) in [6.45, 7) is 0. The molecule has 0 saturated heterocycles. The summed E-state index contributed by atoms with van der Waals surface area (Å²) in [4.78, 5) is 23.5. The van der Waals surface area contributed by atoms with Crippen LogP contribution >= 0.6 is 0 Å². The predicted molar refractivity (Wildman–Crippen MR) is 72.3 cm³/mol. The van der Waals surface area contributed by atoms with Crippen molar-refractivity contribution >= 4 is 11.8 Å². The fourth-order valence-electron chi connectivity index (χ4n) is 1.77. The smallest absolute Gasteiger partial charge is 0.252 e. The second-order valence-electron chi connectivity index (χ2n) is 4.09. The van der Waals surface area contributed by atoms with Crippen molar-refractivity contribution in [1.29, 1.82) is 0 Å². The summed E-state index contributed by atoms with van der Waals surface area (Å²) in [6.07, 6.45) is 0. The van der Waals surface area contributed by atoms with Crippen LogP contribution in [0, 0.1) is 0 Å². The summed E-state index contributed by atoms with van der Waals surface area (Å²) in [5.41, 5.74) is 6.50. The Balaban J connectivity index is 2.19. The fraction of sp³-hybridized carbons (Fsp3) is 0.0667. The quantitative estimate of drug-likeness (QED) is 0.870. The third kappa shape index (κ3) is 3.19. The van der Waals surface area contributed by atoms with Gasteiger partial charge in [0.25, 0.3) is 5.91 Å². The van der Waals surface area contributed by atoms with E-state index in [1.807, 2.05) is 12.1 Å². The number of rotatable bonds is 4. The summed E-state index contributed by atoms with van der Waals surface area (Å²) in [5, 5.41) is 2.64. The molecule has 0 aliphatic rings. The van der Waals surface area contributed by atoms with Crippen LogP contribution in [0.3, 0.4) is 0 Å². The zero-order valence-corrected chi connectivity index (χ0v) is 10.2. The van der Waals surface area contributed by atoms with Gasteiger partial charge in [0.2, 0.25) is 5.91 Å². The Morgan fingerprint density at radius 1 is 0.895 bits per heavy atom. The van der Waals surface area contributed by atoms with Crippen molar-refractivity contribution in [3.63, 3.8) is 0 Å². The van der Waals surface area contributed by atoms with Gasteiger partial charge in [-0.3, -0.25) is 9.59 Å². The third-order valence-corrected chi connectivity index (χ3v) is 2.73. The Kier molecular flexibility index (Phi) is 3.93. The summed E-state index contributed by atoms with van der Waals surface area (Å²) < 4.78 is 0. The third-order valence-electron chi connectivity index (χ3n) is 2.73. The van der Waals surface area contributed by atoms with Crippen LogP contribution in [0.15, 0.2) is 60.7 Å². The molecule has 0 aliphatic carbocycles. The molecule has 96 valence electrons. The molecule has 2 aromatic carbocycles. The average Bonchev–Trinajstić information content (AvgIpc) is 2.46. The van der Waals surface area contributed by atoms with Crippen molar-refractivity contribution in [3.05, 3.63) is 71.8 Å². The summed E-state index contributed by atoms with van der Waals surface area (Å²) >= 11 is 0. The molecule has 4 nitrogen and oxygen atoms in total.